The number of rotatable bonds is 5. The maximum Gasteiger partial charge on any atom is 0.326 e. The molecule has 102 valence electrons. The number of aliphatic carboxylic acids is 1. The summed E-state index contributed by atoms with van der Waals surface area (Å²) < 4.78 is 1.48. The number of carboxylic acids is 1. The topological polar surface area (TPSA) is 66.4 Å². The number of carbonyl (C=O) groups excluding carboxylic acids is 1. The average molecular weight is 391 g/mol. The molecule has 1 aliphatic carbocycles. The lowest BCUT2D eigenvalue weighted by Crippen LogP contribution is -2.41. The van der Waals surface area contributed by atoms with Gasteiger partial charge >= 0.3 is 5.97 Å². The molecule has 1 unspecified atom stereocenters. The molecule has 19 heavy (non-hydrogen) atoms. The third kappa shape index (κ3) is 4.04. The van der Waals surface area contributed by atoms with E-state index in [1.165, 1.54) is 0 Å². The van der Waals surface area contributed by atoms with Crippen LogP contribution in [0.5, 0.6) is 0 Å². The maximum atomic E-state index is 12.1. The van der Waals surface area contributed by atoms with Crippen molar-refractivity contribution in [3.05, 3.63) is 32.7 Å². The van der Waals surface area contributed by atoms with Gasteiger partial charge in [-0.3, -0.25) is 4.79 Å². The van der Waals surface area contributed by atoms with E-state index in [0.29, 0.717) is 22.4 Å². The van der Waals surface area contributed by atoms with E-state index >= 15 is 0 Å². The summed E-state index contributed by atoms with van der Waals surface area (Å²) in [6.07, 6.45) is 2.62. The molecule has 0 aromatic heterocycles. The molecule has 0 spiro atoms. The number of nitrogens with one attached hydrogen (secondary N) is 1. The molecule has 1 aromatic carbocycles. The van der Waals surface area contributed by atoms with Gasteiger partial charge in [0.1, 0.15) is 6.04 Å². The largest absolute Gasteiger partial charge is 0.480 e. The second kappa shape index (κ2) is 6.05. The van der Waals surface area contributed by atoms with E-state index in [1.54, 1.807) is 18.2 Å². The first-order valence-electron chi connectivity index (χ1n) is 5.96. The summed E-state index contributed by atoms with van der Waals surface area (Å²) in [5.41, 5.74) is 0.435. The van der Waals surface area contributed by atoms with E-state index in [-0.39, 0.29) is 5.91 Å². The standard InChI is InChI=1S/C13H13Br2NO3/c14-8-3-4-9(10(15)6-8)12(17)16-11(13(18)19)5-7-1-2-7/h3-4,6-7,11H,1-2,5H2,(H,16,17)(H,18,19). The summed E-state index contributed by atoms with van der Waals surface area (Å²) in [5.74, 6) is -0.907. The van der Waals surface area contributed by atoms with Crippen LogP contribution in [-0.2, 0) is 4.79 Å². The molecule has 1 aliphatic rings. The van der Waals surface area contributed by atoms with E-state index in [9.17, 15) is 9.59 Å². The Kier molecular flexibility index (Phi) is 4.62. The monoisotopic (exact) mass is 389 g/mol. The van der Waals surface area contributed by atoms with E-state index in [2.05, 4.69) is 37.2 Å². The van der Waals surface area contributed by atoms with Gasteiger partial charge < -0.3 is 10.4 Å². The summed E-state index contributed by atoms with van der Waals surface area (Å²) in [4.78, 5) is 23.2. The zero-order chi connectivity index (χ0) is 14.0. The fourth-order valence-electron chi connectivity index (χ4n) is 1.82. The van der Waals surface area contributed by atoms with Crippen LogP contribution >= 0.6 is 31.9 Å². The van der Waals surface area contributed by atoms with Gasteiger partial charge in [-0.2, -0.15) is 0 Å². The van der Waals surface area contributed by atoms with E-state index in [1.807, 2.05) is 0 Å². The lowest BCUT2D eigenvalue weighted by atomic mass is 10.1. The molecule has 1 atom stereocenters. The average Bonchev–Trinajstić information content (AvgIpc) is 3.11. The number of halogens is 2. The van der Waals surface area contributed by atoms with Gasteiger partial charge in [0.05, 0.1) is 5.56 Å². The van der Waals surface area contributed by atoms with Crippen molar-refractivity contribution in [3.8, 4) is 0 Å². The predicted molar refractivity (Wildman–Crippen MR) is 78.1 cm³/mol. The van der Waals surface area contributed by atoms with Crippen LogP contribution in [0, 0.1) is 5.92 Å². The summed E-state index contributed by atoms with van der Waals surface area (Å²) >= 11 is 6.60. The normalized spacial score (nSPS) is 15.9. The fraction of sp³-hybridized carbons (Fsp3) is 0.385. The second-order valence-electron chi connectivity index (χ2n) is 4.67. The first-order valence-corrected chi connectivity index (χ1v) is 7.54. The SMILES string of the molecule is O=C(NC(CC1CC1)C(=O)O)c1ccc(Br)cc1Br. The molecule has 1 amide bonds. The van der Waals surface area contributed by atoms with Crippen LogP contribution in [0.3, 0.4) is 0 Å². The summed E-state index contributed by atoms with van der Waals surface area (Å²) in [6.45, 7) is 0. The van der Waals surface area contributed by atoms with Crippen LogP contribution in [0.2, 0.25) is 0 Å². The van der Waals surface area contributed by atoms with Gasteiger partial charge in [-0.25, -0.2) is 4.79 Å². The Morgan fingerprint density at radius 2 is 2.05 bits per heavy atom. The van der Waals surface area contributed by atoms with Crippen LogP contribution in [0.25, 0.3) is 0 Å². The van der Waals surface area contributed by atoms with Crippen LogP contribution in [0.15, 0.2) is 27.1 Å². The van der Waals surface area contributed by atoms with E-state index < -0.39 is 12.0 Å². The molecule has 0 aliphatic heterocycles. The molecule has 0 bridgehead atoms. The lowest BCUT2D eigenvalue weighted by Gasteiger charge is -2.14. The Labute approximate surface area is 127 Å². The third-order valence-electron chi connectivity index (χ3n) is 3.05. The molecule has 1 aromatic rings. The van der Waals surface area contributed by atoms with Gasteiger partial charge in [0.2, 0.25) is 0 Å². The number of benzene rings is 1. The highest BCUT2D eigenvalue weighted by Crippen LogP contribution is 2.33. The minimum atomic E-state index is -0.978. The Balaban J connectivity index is 2.07. The molecular formula is C13H13Br2NO3. The molecule has 6 heteroatoms. The highest BCUT2D eigenvalue weighted by Gasteiger charge is 2.30. The number of amides is 1. The number of hydrogen-bond acceptors (Lipinski definition) is 2. The first kappa shape index (κ1) is 14.5. The highest BCUT2D eigenvalue weighted by molar-refractivity contribution is 9.11. The smallest absolute Gasteiger partial charge is 0.326 e. The minimum Gasteiger partial charge on any atom is -0.480 e. The number of hydrogen-bond donors (Lipinski definition) is 2. The second-order valence-corrected chi connectivity index (χ2v) is 6.44. The number of carbonyl (C=O) groups is 2. The zero-order valence-electron chi connectivity index (χ0n) is 10.0. The Morgan fingerprint density at radius 3 is 2.58 bits per heavy atom. The van der Waals surface area contributed by atoms with Gasteiger partial charge in [-0.05, 0) is 46.5 Å². The van der Waals surface area contributed by atoms with Gasteiger partial charge in [0.25, 0.3) is 5.91 Å². The Bertz CT molecular complexity index is 515. The maximum absolute atomic E-state index is 12.1. The predicted octanol–water partition coefficient (Wildman–Crippen LogP) is 3.19. The van der Waals surface area contributed by atoms with Crippen molar-refractivity contribution in [1.82, 2.24) is 5.32 Å². The minimum absolute atomic E-state index is 0.368. The molecule has 4 nitrogen and oxygen atoms in total. The van der Waals surface area contributed by atoms with Crippen LogP contribution in [0.4, 0.5) is 0 Å². The van der Waals surface area contributed by atoms with E-state index in [4.69, 9.17) is 5.11 Å². The van der Waals surface area contributed by atoms with Crippen molar-refractivity contribution in [2.45, 2.75) is 25.3 Å². The molecule has 0 radical (unpaired) electrons. The molecule has 0 saturated heterocycles. The van der Waals surface area contributed by atoms with Gasteiger partial charge in [-0.15, -0.1) is 0 Å². The quantitative estimate of drug-likeness (QED) is 0.811. The van der Waals surface area contributed by atoms with Gasteiger partial charge in [0.15, 0.2) is 0 Å². The molecule has 2 N–H and O–H groups in total. The van der Waals surface area contributed by atoms with Crippen LogP contribution < -0.4 is 5.32 Å². The van der Waals surface area contributed by atoms with Crippen molar-refractivity contribution < 1.29 is 14.7 Å². The third-order valence-corrected chi connectivity index (χ3v) is 4.19. The lowest BCUT2D eigenvalue weighted by molar-refractivity contribution is -0.139. The summed E-state index contributed by atoms with van der Waals surface area (Å²) in [5, 5.41) is 11.7. The van der Waals surface area contributed by atoms with Crippen molar-refractivity contribution in [2.24, 2.45) is 5.92 Å². The van der Waals surface area contributed by atoms with Gasteiger partial charge in [0, 0.05) is 8.95 Å². The summed E-state index contributed by atoms with van der Waals surface area (Å²) in [7, 11) is 0. The van der Waals surface area contributed by atoms with Crippen molar-refractivity contribution in [1.29, 1.82) is 0 Å². The fourth-order valence-corrected chi connectivity index (χ4v) is 3.05. The molecule has 1 fully saturated rings. The molecular weight excluding hydrogens is 378 g/mol. The van der Waals surface area contributed by atoms with Crippen LogP contribution in [0.1, 0.15) is 29.6 Å². The Morgan fingerprint density at radius 1 is 1.37 bits per heavy atom. The molecule has 1 saturated carbocycles. The van der Waals surface area contributed by atoms with Crippen molar-refractivity contribution in [3.63, 3.8) is 0 Å². The highest BCUT2D eigenvalue weighted by atomic mass is 79.9. The molecule has 0 heterocycles. The van der Waals surface area contributed by atoms with Crippen molar-refractivity contribution >= 4 is 43.7 Å². The molecule has 2 rings (SSSR count). The Hall–Kier alpha value is -0.880. The first-order chi connectivity index (χ1) is 8.97. The van der Waals surface area contributed by atoms with Gasteiger partial charge in [-0.1, -0.05) is 28.8 Å². The number of carboxylic acid groups (broad SMARTS) is 1. The van der Waals surface area contributed by atoms with Crippen molar-refractivity contribution in [2.75, 3.05) is 0 Å². The van der Waals surface area contributed by atoms with E-state index in [0.717, 1.165) is 17.3 Å². The van der Waals surface area contributed by atoms with Crippen LogP contribution in [-0.4, -0.2) is 23.0 Å². The summed E-state index contributed by atoms with van der Waals surface area (Å²) in [6, 6.07) is 4.34. The zero-order valence-corrected chi connectivity index (χ0v) is 13.2.